The SMILES string of the molecule is CCCNC(c1ccc(C)c(C)c1)c1ccc(F)cc1Cl. The van der Waals surface area contributed by atoms with Gasteiger partial charge in [-0.25, -0.2) is 4.39 Å². The van der Waals surface area contributed by atoms with Gasteiger partial charge in [0.2, 0.25) is 0 Å². The zero-order valence-electron chi connectivity index (χ0n) is 12.7. The van der Waals surface area contributed by atoms with E-state index < -0.39 is 0 Å². The molecule has 0 saturated carbocycles. The molecule has 0 fully saturated rings. The van der Waals surface area contributed by atoms with E-state index in [1.54, 1.807) is 6.07 Å². The lowest BCUT2D eigenvalue weighted by molar-refractivity contribution is 0.593. The Hall–Kier alpha value is -1.38. The van der Waals surface area contributed by atoms with Crippen molar-refractivity contribution < 1.29 is 4.39 Å². The maximum absolute atomic E-state index is 13.3. The first-order valence-electron chi connectivity index (χ1n) is 7.28. The van der Waals surface area contributed by atoms with Crippen LogP contribution in [0.3, 0.4) is 0 Å². The molecule has 21 heavy (non-hydrogen) atoms. The van der Waals surface area contributed by atoms with Crippen molar-refractivity contribution in [1.82, 2.24) is 5.32 Å². The van der Waals surface area contributed by atoms with Gasteiger partial charge in [-0.3, -0.25) is 0 Å². The van der Waals surface area contributed by atoms with Crippen molar-refractivity contribution in [3.8, 4) is 0 Å². The number of halogens is 2. The first-order valence-corrected chi connectivity index (χ1v) is 7.66. The Morgan fingerprint density at radius 2 is 1.86 bits per heavy atom. The molecule has 1 N–H and O–H groups in total. The van der Waals surface area contributed by atoms with Gasteiger partial charge in [0.15, 0.2) is 0 Å². The van der Waals surface area contributed by atoms with Gasteiger partial charge in [0, 0.05) is 5.02 Å². The van der Waals surface area contributed by atoms with E-state index in [1.165, 1.54) is 23.3 Å². The molecule has 1 unspecified atom stereocenters. The monoisotopic (exact) mass is 305 g/mol. The fourth-order valence-corrected chi connectivity index (χ4v) is 2.65. The predicted octanol–water partition coefficient (Wildman–Crippen LogP) is 5.18. The lowest BCUT2D eigenvalue weighted by atomic mass is 9.95. The Kier molecular flexibility index (Phi) is 5.38. The van der Waals surface area contributed by atoms with Gasteiger partial charge < -0.3 is 5.32 Å². The van der Waals surface area contributed by atoms with E-state index in [4.69, 9.17) is 11.6 Å². The van der Waals surface area contributed by atoms with E-state index >= 15 is 0 Å². The second-order valence-corrected chi connectivity index (χ2v) is 5.80. The van der Waals surface area contributed by atoms with Crippen molar-refractivity contribution in [2.75, 3.05) is 6.54 Å². The van der Waals surface area contributed by atoms with Crippen molar-refractivity contribution in [2.24, 2.45) is 0 Å². The van der Waals surface area contributed by atoms with Crippen molar-refractivity contribution in [1.29, 1.82) is 0 Å². The van der Waals surface area contributed by atoms with Crippen LogP contribution in [0.2, 0.25) is 5.02 Å². The predicted molar refractivity (Wildman–Crippen MR) is 87.5 cm³/mol. The largest absolute Gasteiger partial charge is 0.306 e. The molecule has 0 aliphatic rings. The lowest BCUT2D eigenvalue weighted by Crippen LogP contribution is -2.23. The zero-order valence-corrected chi connectivity index (χ0v) is 13.5. The normalized spacial score (nSPS) is 12.4. The maximum Gasteiger partial charge on any atom is 0.124 e. The summed E-state index contributed by atoms with van der Waals surface area (Å²) < 4.78 is 13.3. The number of rotatable bonds is 5. The number of aryl methyl sites for hydroxylation is 2. The zero-order chi connectivity index (χ0) is 15.4. The van der Waals surface area contributed by atoms with Gasteiger partial charge in [0.1, 0.15) is 5.82 Å². The molecule has 2 rings (SSSR count). The quantitative estimate of drug-likeness (QED) is 0.802. The number of nitrogens with one attached hydrogen (secondary N) is 1. The Balaban J connectivity index is 2.44. The van der Waals surface area contributed by atoms with Crippen LogP contribution < -0.4 is 5.32 Å². The van der Waals surface area contributed by atoms with E-state index in [1.807, 2.05) is 0 Å². The molecule has 0 amide bonds. The Morgan fingerprint density at radius 1 is 1.10 bits per heavy atom. The Morgan fingerprint density at radius 3 is 2.48 bits per heavy atom. The second-order valence-electron chi connectivity index (χ2n) is 5.40. The smallest absolute Gasteiger partial charge is 0.124 e. The van der Waals surface area contributed by atoms with E-state index in [0.717, 1.165) is 24.1 Å². The Labute approximate surface area is 131 Å². The van der Waals surface area contributed by atoms with Gasteiger partial charge in [0.25, 0.3) is 0 Å². The van der Waals surface area contributed by atoms with Crippen LogP contribution >= 0.6 is 11.6 Å². The van der Waals surface area contributed by atoms with Crippen LogP contribution in [0.5, 0.6) is 0 Å². The molecule has 0 radical (unpaired) electrons. The molecule has 0 aromatic heterocycles. The van der Waals surface area contributed by atoms with Crippen LogP contribution in [0.15, 0.2) is 36.4 Å². The summed E-state index contributed by atoms with van der Waals surface area (Å²) in [4.78, 5) is 0. The summed E-state index contributed by atoms with van der Waals surface area (Å²) in [6.45, 7) is 7.20. The summed E-state index contributed by atoms with van der Waals surface area (Å²) in [5.74, 6) is -0.307. The van der Waals surface area contributed by atoms with Gasteiger partial charge in [-0.2, -0.15) is 0 Å². The Bertz CT molecular complexity index is 625. The molecule has 0 saturated heterocycles. The molecule has 1 atom stereocenters. The third-order valence-electron chi connectivity index (χ3n) is 3.74. The topological polar surface area (TPSA) is 12.0 Å². The standard InChI is InChI=1S/C18H21ClFN/c1-4-9-21-18(14-6-5-12(2)13(3)10-14)16-8-7-15(20)11-17(16)19/h5-8,10-11,18,21H,4,9H2,1-3H3. The van der Waals surface area contributed by atoms with E-state index in [-0.39, 0.29) is 11.9 Å². The summed E-state index contributed by atoms with van der Waals surface area (Å²) in [6, 6.07) is 11.0. The first kappa shape index (κ1) is 16.0. The highest BCUT2D eigenvalue weighted by atomic mass is 35.5. The van der Waals surface area contributed by atoms with Crippen molar-refractivity contribution in [2.45, 2.75) is 33.2 Å². The fourth-order valence-electron chi connectivity index (χ4n) is 2.38. The molecule has 1 nitrogen and oxygen atoms in total. The number of hydrogen-bond donors (Lipinski definition) is 1. The molecule has 112 valence electrons. The third-order valence-corrected chi connectivity index (χ3v) is 4.06. The van der Waals surface area contributed by atoms with Gasteiger partial charge in [-0.15, -0.1) is 0 Å². The van der Waals surface area contributed by atoms with Crippen LogP contribution in [0.25, 0.3) is 0 Å². The molecule has 0 aliphatic heterocycles. The van der Waals surface area contributed by atoms with Gasteiger partial charge in [-0.1, -0.05) is 42.8 Å². The molecule has 0 aliphatic carbocycles. The van der Waals surface area contributed by atoms with Crippen LogP contribution in [-0.4, -0.2) is 6.54 Å². The summed E-state index contributed by atoms with van der Waals surface area (Å²) in [7, 11) is 0. The molecular weight excluding hydrogens is 285 g/mol. The highest BCUT2D eigenvalue weighted by Crippen LogP contribution is 2.30. The van der Waals surface area contributed by atoms with E-state index in [9.17, 15) is 4.39 Å². The molecule has 0 bridgehead atoms. The third kappa shape index (κ3) is 3.84. The summed E-state index contributed by atoms with van der Waals surface area (Å²) >= 11 is 6.24. The van der Waals surface area contributed by atoms with E-state index in [0.29, 0.717) is 5.02 Å². The molecule has 0 spiro atoms. The fraction of sp³-hybridized carbons (Fsp3) is 0.333. The van der Waals surface area contributed by atoms with E-state index in [2.05, 4.69) is 44.3 Å². The molecule has 0 heterocycles. The van der Waals surface area contributed by atoms with Gasteiger partial charge >= 0.3 is 0 Å². The molecule has 2 aromatic carbocycles. The minimum absolute atomic E-state index is 0.0163. The van der Waals surface area contributed by atoms with Crippen LogP contribution in [0.4, 0.5) is 4.39 Å². The molecular formula is C18H21ClFN. The minimum atomic E-state index is -0.307. The van der Waals surface area contributed by atoms with Crippen LogP contribution in [0, 0.1) is 19.7 Å². The second kappa shape index (κ2) is 7.06. The summed E-state index contributed by atoms with van der Waals surface area (Å²) in [6.07, 6.45) is 1.03. The van der Waals surface area contributed by atoms with Crippen LogP contribution in [-0.2, 0) is 0 Å². The number of hydrogen-bond acceptors (Lipinski definition) is 1. The van der Waals surface area contributed by atoms with Crippen molar-refractivity contribution in [3.63, 3.8) is 0 Å². The molecule has 3 heteroatoms. The average molecular weight is 306 g/mol. The lowest BCUT2D eigenvalue weighted by Gasteiger charge is -2.21. The van der Waals surface area contributed by atoms with Crippen LogP contribution in [0.1, 0.15) is 41.6 Å². The first-order chi connectivity index (χ1) is 10.0. The average Bonchev–Trinajstić information content (AvgIpc) is 2.44. The maximum atomic E-state index is 13.3. The summed E-state index contributed by atoms with van der Waals surface area (Å²) in [5, 5.41) is 3.96. The van der Waals surface area contributed by atoms with Gasteiger partial charge in [-0.05, 0) is 61.2 Å². The molecule has 2 aromatic rings. The van der Waals surface area contributed by atoms with Crippen molar-refractivity contribution >= 4 is 11.6 Å². The van der Waals surface area contributed by atoms with Crippen molar-refractivity contribution in [3.05, 3.63) is 69.5 Å². The minimum Gasteiger partial charge on any atom is -0.306 e. The van der Waals surface area contributed by atoms with Gasteiger partial charge in [0.05, 0.1) is 6.04 Å². The highest BCUT2D eigenvalue weighted by Gasteiger charge is 2.17. The number of benzene rings is 2. The highest BCUT2D eigenvalue weighted by molar-refractivity contribution is 6.31. The summed E-state index contributed by atoms with van der Waals surface area (Å²) in [5.41, 5.74) is 4.57.